The third-order valence-electron chi connectivity index (χ3n) is 5.95. The number of hydrogen-bond acceptors (Lipinski definition) is 4. The predicted molar refractivity (Wildman–Crippen MR) is 102 cm³/mol. The zero-order valence-electron chi connectivity index (χ0n) is 14.0. The smallest absolute Gasteiger partial charge is 0.306 e. The first kappa shape index (κ1) is 17.6. The minimum Gasteiger partial charge on any atom is -0.462 e. The molecule has 1 saturated carbocycles. The van der Waals surface area contributed by atoms with Crippen molar-refractivity contribution in [3.8, 4) is 0 Å². The lowest BCUT2D eigenvalue weighted by Crippen LogP contribution is -2.22. The molecule has 0 aromatic heterocycles. The van der Waals surface area contributed by atoms with E-state index in [9.17, 15) is 4.79 Å². The van der Waals surface area contributed by atoms with E-state index in [0.717, 1.165) is 19.3 Å². The fraction of sp³-hybridized carbons (Fsp3) is 0.526. The van der Waals surface area contributed by atoms with Crippen LogP contribution in [0.1, 0.15) is 24.0 Å². The fourth-order valence-corrected chi connectivity index (χ4v) is 5.29. The van der Waals surface area contributed by atoms with Crippen molar-refractivity contribution in [1.82, 2.24) is 0 Å². The lowest BCUT2D eigenvalue weighted by molar-refractivity contribution is -0.141. The van der Waals surface area contributed by atoms with Gasteiger partial charge in [0, 0.05) is 37.2 Å². The van der Waals surface area contributed by atoms with Gasteiger partial charge in [0.25, 0.3) is 0 Å². The molecule has 0 amide bonds. The molecule has 25 heavy (non-hydrogen) atoms. The molecule has 6 heteroatoms. The van der Waals surface area contributed by atoms with E-state index in [4.69, 9.17) is 13.8 Å². The Labute approximate surface area is 153 Å². The number of carbonyl (C=O) groups excluding carboxylic acids is 1. The highest BCUT2D eigenvalue weighted by atomic mass is 31.0. The Morgan fingerprint density at radius 1 is 1.16 bits per heavy atom. The van der Waals surface area contributed by atoms with E-state index < -0.39 is 0 Å². The number of carbonyl (C=O) groups is 1. The molecule has 7 atom stereocenters. The fourth-order valence-electron chi connectivity index (χ4n) is 4.69. The van der Waals surface area contributed by atoms with Crippen molar-refractivity contribution < 1.29 is 18.6 Å². The van der Waals surface area contributed by atoms with Crippen LogP contribution in [0.5, 0.6) is 0 Å². The maximum absolute atomic E-state index is 11.6. The summed E-state index contributed by atoms with van der Waals surface area (Å²) in [6.45, 7) is 0. The molecule has 1 heterocycles. The van der Waals surface area contributed by atoms with Crippen molar-refractivity contribution in [3.63, 3.8) is 0 Å². The third-order valence-corrected chi connectivity index (χ3v) is 6.62. The van der Waals surface area contributed by atoms with Gasteiger partial charge in [-0.15, -0.1) is 0 Å². The van der Waals surface area contributed by atoms with Gasteiger partial charge >= 0.3 is 5.97 Å². The van der Waals surface area contributed by atoms with Crippen molar-refractivity contribution in [1.29, 1.82) is 0 Å². The van der Waals surface area contributed by atoms with Crippen LogP contribution >= 0.6 is 18.9 Å². The van der Waals surface area contributed by atoms with E-state index in [1.165, 1.54) is 11.1 Å². The topological polar surface area (TPSA) is 44.8 Å². The molecule has 1 aromatic rings. The van der Waals surface area contributed by atoms with Crippen LogP contribution in [0.15, 0.2) is 36.4 Å². The summed E-state index contributed by atoms with van der Waals surface area (Å²) in [5.41, 5.74) is 2.85. The average Bonchev–Trinajstić information content (AvgIpc) is 3.27. The van der Waals surface area contributed by atoms with Gasteiger partial charge in [0.1, 0.15) is 6.10 Å². The van der Waals surface area contributed by atoms with Crippen molar-refractivity contribution in [2.24, 2.45) is 17.8 Å². The Kier molecular flexibility index (Phi) is 5.25. The van der Waals surface area contributed by atoms with Gasteiger partial charge in [0.15, 0.2) is 0 Å². The lowest BCUT2D eigenvalue weighted by atomic mass is 9.90. The van der Waals surface area contributed by atoms with Gasteiger partial charge in [-0.05, 0) is 29.9 Å². The maximum Gasteiger partial charge on any atom is 0.306 e. The number of ether oxygens (including phenoxy) is 1. The summed E-state index contributed by atoms with van der Waals surface area (Å²) in [5.74, 6) is 0.779. The normalized spacial score (nSPS) is 32.8. The van der Waals surface area contributed by atoms with E-state index >= 15 is 0 Å². The summed E-state index contributed by atoms with van der Waals surface area (Å²) in [5, 5.41) is 0. The van der Waals surface area contributed by atoms with E-state index in [1.807, 2.05) is 0 Å². The molecule has 1 aliphatic heterocycles. The molecule has 0 N–H and O–H groups in total. The van der Waals surface area contributed by atoms with Crippen LogP contribution in [0.25, 0.3) is 0 Å². The Balaban J connectivity index is 1.47. The second kappa shape index (κ2) is 7.45. The maximum atomic E-state index is 11.6. The Morgan fingerprint density at radius 3 is 2.52 bits per heavy atom. The van der Waals surface area contributed by atoms with Gasteiger partial charge in [-0.2, -0.15) is 0 Å². The molecule has 4 nitrogen and oxygen atoms in total. The third kappa shape index (κ3) is 3.43. The minimum absolute atomic E-state index is 0.00111. The Bertz CT molecular complexity index is 652. The molecule has 1 aromatic carbocycles. The summed E-state index contributed by atoms with van der Waals surface area (Å²) in [4.78, 5) is 11.6. The van der Waals surface area contributed by atoms with Crippen LogP contribution in [-0.4, -0.2) is 24.3 Å². The van der Waals surface area contributed by atoms with Gasteiger partial charge in [-0.1, -0.05) is 36.4 Å². The molecule has 5 unspecified atom stereocenters. The predicted octanol–water partition coefficient (Wildman–Crippen LogP) is 3.26. The zero-order valence-corrected chi connectivity index (χ0v) is 16.4. The standard InChI is InChI=1S/C19H24O4P2/c20-19-9-15-14(18(23-25)10-17(15)21-19)5-6-16(22-24)13-7-11-3-1-2-4-12(11)8-13/h1-6,13-18H,7-10,24-25H2/t14-,15-,16?,17?,18?/m1/s1. The summed E-state index contributed by atoms with van der Waals surface area (Å²) >= 11 is 0. The second-order valence-electron chi connectivity index (χ2n) is 7.31. The first-order valence-electron chi connectivity index (χ1n) is 8.85. The zero-order chi connectivity index (χ0) is 17.4. The first-order valence-corrected chi connectivity index (χ1v) is 9.79. The van der Waals surface area contributed by atoms with E-state index in [1.54, 1.807) is 0 Å². The number of fused-ring (bicyclic) bond motifs is 2. The summed E-state index contributed by atoms with van der Waals surface area (Å²) in [6, 6.07) is 8.62. The van der Waals surface area contributed by atoms with Crippen molar-refractivity contribution in [3.05, 3.63) is 47.5 Å². The van der Waals surface area contributed by atoms with E-state index in [-0.39, 0.29) is 36.1 Å². The van der Waals surface area contributed by atoms with Crippen LogP contribution in [0.4, 0.5) is 0 Å². The molecule has 0 bridgehead atoms. The second-order valence-corrected chi connectivity index (χ2v) is 7.85. The molecule has 0 spiro atoms. The first-order chi connectivity index (χ1) is 12.2. The van der Waals surface area contributed by atoms with Crippen LogP contribution in [0, 0.1) is 17.8 Å². The number of esters is 1. The largest absolute Gasteiger partial charge is 0.462 e. The number of rotatable bonds is 5. The average molecular weight is 378 g/mol. The SMILES string of the molecule is O=C1C[C@H]2C(CC(OP)[C@@H]2C=CC(OP)C2Cc3ccccc3C2)O1. The molecule has 0 radical (unpaired) electrons. The number of hydrogen-bond donors (Lipinski definition) is 0. The van der Waals surface area contributed by atoms with Crippen LogP contribution in [0.2, 0.25) is 0 Å². The van der Waals surface area contributed by atoms with Crippen molar-refractivity contribution >= 4 is 24.9 Å². The van der Waals surface area contributed by atoms with Crippen LogP contribution in [0.3, 0.4) is 0 Å². The lowest BCUT2D eigenvalue weighted by Gasteiger charge is -2.21. The van der Waals surface area contributed by atoms with Crippen molar-refractivity contribution in [2.45, 2.75) is 44.0 Å². The van der Waals surface area contributed by atoms with Gasteiger partial charge in [-0.3, -0.25) is 4.79 Å². The van der Waals surface area contributed by atoms with E-state index in [2.05, 4.69) is 55.4 Å². The summed E-state index contributed by atoms with van der Waals surface area (Å²) < 4.78 is 16.7. The van der Waals surface area contributed by atoms with E-state index in [0.29, 0.717) is 12.3 Å². The molecule has 3 aliphatic rings. The highest BCUT2D eigenvalue weighted by Gasteiger charge is 2.49. The summed E-state index contributed by atoms with van der Waals surface area (Å²) in [6.07, 6.45) is 7.83. The van der Waals surface area contributed by atoms with Crippen molar-refractivity contribution in [2.75, 3.05) is 0 Å². The molecule has 4 rings (SSSR count). The molecule has 134 valence electrons. The summed E-state index contributed by atoms with van der Waals surface area (Å²) in [7, 11) is 4.78. The Morgan fingerprint density at radius 2 is 1.88 bits per heavy atom. The van der Waals surface area contributed by atoms with Gasteiger partial charge in [0.2, 0.25) is 0 Å². The molecule has 2 aliphatic carbocycles. The molecule has 2 fully saturated rings. The van der Waals surface area contributed by atoms with Gasteiger partial charge < -0.3 is 13.8 Å². The van der Waals surface area contributed by atoms with Crippen LogP contribution in [-0.2, 0) is 31.4 Å². The Hall–Kier alpha value is -0.790. The molecule has 1 saturated heterocycles. The van der Waals surface area contributed by atoms with Gasteiger partial charge in [0.05, 0.1) is 18.6 Å². The number of benzene rings is 1. The van der Waals surface area contributed by atoms with Gasteiger partial charge in [-0.25, -0.2) is 0 Å². The molecular weight excluding hydrogens is 354 g/mol. The highest BCUT2D eigenvalue weighted by Crippen LogP contribution is 2.44. The van der Waals surface area contributed by atoms with Crippen LogP contribution < -0.4 is 0 Å². The monoisotopic (exact) mass is 378 g/mol. The quantitative estimate of drug-likeness (QED) is 0.448. The highest BCUT2D eigenvalue weighted by molar-refractivity contribution is 7.10. The minimum atomic E-state index is -0.0827. The molecular formula is C19H24O4P2.